The number of para-hydroxylation sites is 1. The molecule has 1 N–H and O–H groups in total. The quantitative estimate of drug-likeness (QED) is 0.913. The number of nitriles is 1. The number of fused-ring (bicyclic) bond motifs is 1. The molecule has 0 amide bonds. The molecule has 2 aromatic rings. The molecule has 21 heavy (non-hydrogen) atoms. The molecule has 1 unspecified atom stereocenters. The van der Waals surface area contributed by atoms with Crippen molar-refractivity contribution in [3.63, 3.8) is 0 Å². The molecule has 0 spiro atoms. The van der Waals surface area contributed by atoms with E-state index in [-0.39, 0.29) is 6.61 Å². The van der Waals surface area contributed by atoms with Gasteiger partial charge < -0.3 is 14.5 Å². The van der Waals surface area contributed by atoms with Crippen molar-refractivity contribution in [2.45, 2.75) is 31.8 Å². The maximum atomic E-state index is 8.64. The predicted molar refractivity (Wildman–Crippen MR) is 78.8 cm³/mol. The van der Waals surface area contributed by atoms with Gasteiger partial charge in [0.2, 0.25) is 0 Å². The predicted octanol–water partition coefficient (Wildman–Crippen LogP) is 3.35. The van der Waals surface area contributed by atoms with Gasteiger partial charge in [-0.1, -0.05) is 18.2 Å². The zero-order valence-electron chi connectivity index (χ0n) is 11.8. The highest BCUT2D eigenvalue weighted by molar-refractivity contribution is 5.34. The number of hydrogen-bond acceptors (Lipinski definition) is 4. The number of ether oxygens (including phenoxy) is 1. The topological polar surface area (TPSA) is 58.2 Å². The monoisotopic (exact) mass is 282 g/mol. The Morgan fingerprint density at radius 3 is 3.14 bits per heavy atom. The first-order chi connectivity index (χ1) is 10.4. The molecule has 1 atom stereocenters. The minimum atomic E-state index is 0.0757. The summed E-state index contributed by atoms with van der Waals surface area (Å²) in [5.74, 6) is 1.88. The fraction of sp³-hybridized carbons (Fsp3) is 0.353. The average molecular weight is 282 g/mol. The Morgan fingerprint density at radius 2 is 2.24 bits per heavy atom. The summed E-state index contributed by atoms with van der Waals surface area (Å²) in [5, 5.41) is 12.2. The van der Waals surface area contributed by atoms with Crippen LogP contribution in [0.2, 0.25) is 0 Å². The Labute approximate surface area is 124 Å². The minimum Gasteiger partial charge on any atom is -0.478 e. The summed E-state index contributed by atoms with van der Waals surface area (Å²) in [6, 6.07) is 12.2. The van der Waals surface area contributed by atoms with Gasteiger partial charge >= 0.3 is 0 Å². The second-order valence-corrected chi connectivity index (χ2v) is 5.18. The van der Waals surface area contributed by atoms with E-state index >= 15 is 0 Å². The van der Waals surface area contributed by atoms with Crippen LogP contribution in [0.4, 0.5) is 0 Å². The van der Waals surface area contributed by atoms with Crippen LogP contribution in [0, 0.1) is 11.3 Å². The molecule has 4 nitrogen and oxygen atoms in total. The van der Waals surface area contributed by atoms with Gasteiger partial charge in [-0.25, -0.2) is 0 Å². The summed E-state index contributed by atoms with van der Waals surface area (Å²) < 4.78 is 11.0. The molecule has 0 saturated heterocycles. The summed E-state index contributed by atoms with van der Waals surface area (Å²) in [6.45, 7) is 0.795. The first-order valence-corrected chi connectivity index (χ1v) is 7.26. The van der Waals surface area contributed by atoms with Gasteiger partial charge in [0.1, 0.15) is 17.6 Å². The van der Waals surface area contributed by atoms with E-state index < -0.39 is 0 Å². The van der Waals surface area contributed by atoms with Gasteiger partial charge in [-0.2, -0.15) is 5.26 Å². The second-order valence-electron chi connectivity index (χ2n) is 5.18. The van der Waals surface area contributed by atoms with Crippen molar-refractivity contribution in [3.8, 4) is 11.8 Å². The van der Waals surface area contributed by atoms with E-state index in [0.29, 0.717) is 6.04 Å². The fourth-order valence-corrected chi connectivity index (χ4v) is 2.83. The highest BCUT2D eigenvalue weighted by atomic mass is 16.5. The molecule has 4 heteroatoms. The fourth-order valence-electron chi connectivity index (χ4n) is 2.83. The Bertz CT molecular complexity index is 642. The largest absolute Gasteiger partial charge is 0.478 e. The van der Waals surface area contributed by atoms with Gasteiger partial charge in [-0.05, 0) is 25.0 Å². The smallest absolute Gasteiger partial charge is 0.174 e. The van der Waals surface area contributed by atoms with E-state index in [0.717, 1.165) is 42.9 Å². The van der Waals surface area contributed by atoms with Crippen LogP contribution >= 0.6 is 0 Å². The van der Waals surface area contributed by atoms with Crippen molar-refractivity contribution >= 4 is 0 Å². The molecule has 108 valence electrons. The lowest BCUT2D eigenvalue weighted by Crippen LogP contribution is -2.24. The van der Waals surface area contributed by atoms with E-state index in [1.54, 1.807) is 6.26 Å². The van der Waals surface area contributed by atoms with E-state index in [9.17, 15) is 0 Å². The Hall–Kier alpha value is -2.25. The molecule has 0 fully saturated rings. The molecule has 0 radical (unpaired) electrons. The van der Waals surface area contributed by atoms with Crippen molar-refractivity contribution in [1.82, 2.24) is 5.32 Å². The van der Waals surface area contributed by atoms with Crippen LogP contribution in [0.25, 0.3) is 0 Å². The maximum Gasteiger partial charge on any atom is 0.174 e. The van der Waals surface area contributed by atoms with E-state index in [1.807, 2.05) is 30.3 Å². The summed E-state index contributed by atoms with van der Waals surface area (Å²) >= 11 is 0. The molecule has 1 aromatic heterocycles. The number of rotatable bonds is 5. The SMILES string of the molecule is N#CCOc1ccccc1CNC1CCCc2occc21. The molecule has 0 bridgehead atoms. The zero-order chi connectivity index (χ0) is 14.5. The first-order valence-electron chi connectivity index (χ1n) is 7.26. The van der Waals surface area contributed by atoms with E-state index in [2.05, 4.69) is 11.4 Å². The first kappa shape index (κ1) is 13.7. The van der Waals surface area contributed by atoms with Crippen molar-refractivity contribution in [2.24, 2.45) is 0 Å². The van der Waals surface area contributed by atoms with Crippen molar-refractivity contribution in [1.29, 1.82) is 5.26 Å². The summed E-state index contributed by atoms with van der Waals surface area (Å²) in [4.78, 5) is 0. The van der Waals surface area contributed by atoms with Crippen LogP contribution in [-0.2, 0) is 13.0 Å². The van der Waals surface area contributed by atoms with Gasteiger partial charge in [0.05, 0.1) is 6.26 Å². The van der Waals surface area contributed by atoms with Gasteiger partial charge in [0, 0.05) is 30.1 Å². The molecule has 1 aromatic carbocycles. The number of aryl methyl sites for hydroxylation is 1. The van der Waals surface area contributed by atoms with Crippen LogP contribution in [0.3, 0.4) is 0 Å². The summed E-state index contributed by atoms with van der Waals surface area (Å²) in [7, 11) is 0. The van der Waals surface area contributed by atoms with Crippen molar-refractivity contribution in [2.75, 3.05) is 6.61 Å². The zero-order valence-corrected chi connectivity index (χ0v) is 11.8. The Kier molecular flexibility index (Phi) is 4.23. The second kappa shape index (κ2) is 6.47. The third kappa shape index (κ3) is 3.09. The van der Waals surface area contributed by atoms with Crippen LogP contribution in [0.5, 0.6) is 5.75 Å². The lowest BCUT2D eigenvalue weighted by Gasteiger charge is -2.23. The van der Waals surface area contributed by atoms with Gasteiger partial charge in [-0.3, -0.25) is 0 Å². The number of benzene rings is 1. The number of furan rings is 1. The van der Waals surface area contributed by atoms with Crippen LogP contribution < -0.4 is 10.1 Å². The standard InChI is InChI=1S/C17H18N2O2/c18-9-11-21-16-6-2-1-4-13(16)12-19-15-5-3-7-17-14(15)8-10-20-17/h1-2,4,6,8,10,15,19H,3,5,7,11-12H2. The third-order valence-electron chi connectivity index (χ3n) is 3.86. The lowest BCUT2D eigenvalue weighted by atomic mass is 9.93. The normalized spacial score (nSPS) is 17.0. The van der Waals surface area contributed by atoms with Crippen molar-refractivity contribution < 1.29 is 9.15 Å². The Morgan fingerprint density at radius 1 is 1.33 bits per heavy atom. The molecule has 3 rings (SSSR count). The molecule has 1 aliphatic rings. The highest BCUT2D eigenvalue weighted by Gasteiger charge is 2.22. The average Bonchev–Trinajstić information content (AvgIpc) is 3.01. The van der Waals surface area contributed by atoms with Crippen LogP contribution in [-0.4, -0.2) is 6.61 Å². The Balaban J connectivity index is 1.68. The minimum absolute atomic E-state index is 0.0757. The third-order valence-corrected chi connectivity index (χ3v) is 3.86. The maximum absolute atomic E-state index is 8.64. The highest BCUT2D eigenvalue weighted by Crippen LogP contribution is 2.31. The molecular formula is C17H18N2O2. The molecule has 1 aliphatic carbocycles. The van der Waals surface area contributed by atoms with Crippen LogP contribution in [0.15, 0.2) is 41.0 Å². The lowest BCUT2D eigenvalue weighted by molar-refractivity contribution is 0.359. The summed E-state index contributed by atoms with van der Waals surface area (Å²) in [6.07, 6.45) is 5.07. The van der Waals surface area contributed by atoms with Crippen LogP contribution in [0.1, 0.15) is 35.8 Å². The molecule has 0 aliphatic heterocycles. The van der Waals surface area contributed by atoms with Gasteiger partial charge in [-0.15, -0.1) is 0 Å². The number of hydrogen-bond donors (Lipinski definition) is 1. The molecule has 0 saturated carbocycles. The number of nitrogens with one attached hydrogen (secondary N) is 1. The van der Waals surface area contributed by atoms with Gasteiger partial charge in [0.25, 0.3) is 0 Å². The summed E-state index contributed by atoms with van der Waals surface area (Å²) in [5.41, 5.74) is 2.35. The van der Waals surface area contributed by atoms with E-state index in [4.69, 9.17) is 14.4 Å². The number of nitrogens with zero attached hydrogens (tertiary/aromatic N) is 1. The molecule has 1 heterocycles. The van der Waals surface area contributed by atoms with Crippen molar-refractivity contribution in [3.05, 3.63) is 53.5 Å². The van der Waals surface area contributed by atoms with Gasteiger partial charge in [0.15, 0.2) is 6.61 Å². The van der Waals surface area contributed by atoms with E-state index in [1.165, 1.54) is 5.56 Å². The molecular weight excluding hydrogens is 264 g/mol.